The van der Waals surface area contributed by atoms with Gasteiger partial charge in [0, 0.05) is 13.1 Å². The number of aromatic nitrogens is 3. The van der Waals surface area contributed by atoms with Crippen LogP contribution in [0.1, 0.15) is 23.0 Å². The molecule has 2 aromatic heterocycles. The van der Waals surface area contributed by atoms with Gasteiger partial charge in [-0.05, 0) is 31.2 Å². The van der Waals surface area contributed by atoms with Gasteiger partial charge in [0.25, 0.3) is 5.91 Å². The number of aryl methyl sites for hydroxylation is 1. The van der Waals surface area contributed by atoms with Crippen LogP contribution in [0.25, 0.3) is 11.0 Å². The fraction of sp³-hybridized carbons (Fsp3) is 0.333. The Morgan fingerprint density at radius 1 is 1.30 bits per heavy atom. The average Bonchev–Trinajstić information content (AvgIpc) is 3.40. The number of anilines is 1. The van der Waals surface area contributed by atoms with Crippen LogP contribution in [0.4, 0.5) is 18.9 Å². The molecule has 0 fully saturated rings. The van der Waals surface area contributed by atoms with Crippen LogP contribution in [0.2, 0.25) is 0 Å². The van der Waals surface area contributed by atoms with Gasteiger partial charge in [-0.1, -0.05) is 11.8 Å². The number of hydrogen-bond donors (Lipinski definition) is 2. The Morgan fingerprint density at radius 3 is 2.82 bits per heavy atom. The Hall–Kier alpha value is -3.28. The molecule has 0 bridgehead atoms. The predicted octanol–water partition coefficient (Wildman–Crippen LogP) is 3.70. The summed E-state index contributed by atoms with van der Waals surface area (Å²) in [7, 11) is 3.15. The monoisotopic (exact) mass is 478 g/mol. The molecule has 1 aliphatic rings. The van der Waals surface area contributed by atoms with Crippen molar-refractivity contribution in [2.45, 2.75) is 24.4 Å². The van der Waals surface area contributed by atoms with Crippen molar-refractivity contribution in [2.24, 2.45) is 12.0 Å². The second-order valence-electron chi connectivity index (χ2n) is 7.52. The van der Waals surface area contributed by atoms with E-state index < -0.39 is 11.7 Å². The van der Waals surface area contributed by atoms with Crippen molar-refractivity contribution in [1.29, 1.82) is 0 Å². The van der Waals surface area contributed by atoms with Gasteiger partial charge in [0.2, 0.25) is 0 Å². The highest BCUT2D eigenvalue weighted by Gasteiger charge is 2.32. The van der Waals surface area contributed by atoms with Crippen molar-refractivity contribution >= 4 is 39.6 Å². The largest absolute Gasteiger partial charge is 0.495 e. The van der Waals surface area contributed by atoms with Crippen molar-refractivity contribution < 1.29 is 22.7 Å². The van der Waals surface area contributed by atoms with Gasteiger partial charge in [0.1, 0.15) is 17.0 Å². The number of methoxy groups -OCH3 is 1. The van der Waals surface area contributed by atoms with E-state index in [1.807, 2.05) is 18.5 Å². The molecule has 1 amide bonds. The molecule has 1 aromatic carbocycles. The van der Waals surface area contributed by atoms with Crippen LogP contribution < -0.4 is 15.4 Å². The molecule has 0 aliphatic carbocycles. The van der Waals surface area contributed by atoms with Crippen LogP contribution in [0, 0.1) is 0 Å². The van der Waals surface area contributed by atoms with Gasteiger partial charge >= 0.3 is 6.18 Å². The lowest BCUT2D eigenvalue weighted by atomic mass is 10.2. The van der Waals surface area contributed by atoms with E-state index in [1.165, 1.54) is 24.9 Å². The lowest BCUT2D eigenvalue weighted by Crippen LogP contribution is -2.40. The molecule has 3 heterocycles. The number of rotatable bonds is 5. The number of nitrogens with one attached hydrogen (secondary N) is 2. The lowest BCUT2D eigenvalue weighted by Gasteiger charge is -2.19. The minimum absolute atomic E-state index is 0.0580. The van der Waals surface area contributed by atoms with Crippen LogP contribution in [-0.4, -0.2) is 50.6 Å². The molecule has 33 heavy (non-hydrogen) atoms. The molecule has 2 unspecified atom stereocenters. The van der Waals surface area contributed by atoms with E-state index in [-0.39, 0.29) is 28.6 Å². The molecule has 12 heteroatoms. The van der Waals surface area contributed by atoms with Crippen LogP contribution in [0.3, 0.4) is 0 Å². The summed E-state index contributed by atoms with van der Waals surface area (Å²) in [5.41, 5.74) is 1.38. The normalized spacial score (nSPS) is 17.0. The highest BCUT2D eigenvalue weighted by molar-refractivity contribution is 8.15. The van der Waals surface area contributed by atoms with Crippen molar-refractivity contribution in [3.05, 3.63) is 48.0 Å². The zero-order valence-electron chi connectivity index (χ0n) is 18.0. The number of benzene rings is 1. The number of amides is 1. The van der Waals surface area contributed by atoms with Crippen molar-refractivity contribution in [2.75, 3.05) is 19.0 Å². The summed E-state index contributed by atoms with van der Waals surface area (Å²) in [6.45, 7) is 2.31. The second-order valence-corrected chi connectivity index (χ2v) is 8.74. The number of ether oxygens (including phenoxy) is 1. The number of nitrogens with zero attached hydrogens (tertiary/aromatic N) is 4. The first kappa shape index (κ1) is 22.9. The molecule has 3 aromatic rings. The molecule has 4 rings (SSSR count). The number of imidazole rings is 1. The number of thioether (sulfide) groups is 1. The molecular weight excluding hydrogens is 457 g/mol. The number of alkyl halides is 3. The fourth-order valence-corrected chi connectivity index (χ4v) is 4.36. The number of carbonyl (C=O) groups is 1. The highest BCUT2D eigenvalue weighted by Crippen LogP contribution is 2.36. The van der Waals surface area contributed by atoms with E-state index >= 15 is 0 Å². The summed E-state index contributed by atoms with van der Waals surface area (Å²) in [5, 5.41) is 6.44. The maximum atomic E-state index is 12.9. The van der Waals surface area contributed by atoms with E-state index in [0.717, 1.165) is 17.6 Å². The third kappa shape index (κ3) is 4.90. The van der Waals surface area contributed by atoms with Crippen molar-refractivity contribution in [3.63, 3.8) is 0 Å². The third-order valence-electron chi connectivity index (χ3n) is 5.21. The molecule has 0 radical (unpaired) electrons. The van der Waals surface area contributed by atoms with Crippen molar-refractivity contribution in [1.82, 2.24) is 19.9 Å². The summed E-state index contributed by atoms with van der Waals surface area (Å²) >= 11 is 1.40. The number of amidine groups is 1. The molecule has 174 valence electrons. The number of fused-ring (bicyclic) bond motifs is 1. The Bertz CT molecular complexity index is 1230. The van der Waals surface area contributed by atoms with Crippen molar-refractivity contribution in [3.8, 4) is 5.75 Å². The molecule has 2 N–H and O–H groups in total. The van der Waals surface area contributed by atoms with Crippen LogP contribution >= 0.6 is 11.8 Å². The summed E-state index contributed by atoms with van der Waals surface area (Å²) in [6, 6.07) is 4.69. The van der Waals surface area contributed by atoms with E-state index in [0.29, 0.717) is 22.9 Å². The zero-order valence-corrected chi connectivity index (χ0v) is 18.8. The Kier molecular flexibility index (Phi) is 6.19. The van der Waals surface area contributed by atoms with E-state index in [2.05, 4.69) is 25.6 Å². The van der Waals surface area contributed by atoms with Gasteiger partial charge in [-0.25, -0.2) is 9.97 Å². The number of carbonyl (C=O) groups excluding carboxylic acids is 1. The fourth-order valence-electron chi connectivity index (χ4n) is 3.33. The maximum Gasteiger partial charge on any atom is 0.416 e. The Labute approximate surface area is 191 Å². The topological polar surface area (TPSA) is 93.4 Å². The standard InChI is InChI=1S/C21H21F3N6O2S/c1-11(28-19(31)14-7-16-15(8-25-14)27-10-30(16)2)18-9-26-20(33-18)29-13-5-4-12(21(22,23)24)6-17(13)32-3/h4-8,10-11,18H,9H2,1-3H3,(H,26,29)(H,28,31). The van der Waals surface area contributed by atoms with E-state index in [9.17, 15) is 18.0 Å². The van der Waals surface area contributed by atoms with Crippen LogP contribution in [0.15, 0.2) is 41.8 Å². The third-order valence-corrected chi connectivity index (χ3v) is 6.52. The Balaban J connectivity index is 1.38. The predicted molar refractivity (Wildman–Crippen MR) is 121 cm³/mol. The maximum absolute atomic E-state index is 12.9. The summed E-state index contributed by atoms with van der Waals surface area (Å²) in [4.78, 5) is 25.5. The van der Waals surface area contributed by atoms with Crippen LogP contribution in [-0.2, 0) is 13.2 Å². The molecule has 0 saturated heterocycles. The van der Waals surface area contributed by atoms with Gasteiger partial charge in [-0.15, -0.1) is 0 Å². The lowest BCUT2D eigenvalue weighted by molar-refractivity contribution is -0.137. The molecular formula is C21H21F3N6O2S. The molecule has 2 atom stereocenters. The van der Waals surface area contributed by atoms with E-state index in [1.54, 1.807) is 18.6 Å². The average molecular weight is 479 g/mol. The quantitative estimate of drug-likeness (QED) is 0.581. The summed E-state index contributed by atoms with van der Waals surface area (Å²) < 4.78 is 45.7. The number of halogens is 3. The molecule has 1 aliphatic heterocycles. The minimum atomic E-state index is -4.46. The summed E-state index contributed by atoms with van der Waals surface area (Å²) in [6.07, 6.45) is -1.24. The van der Waals surface area contributed by atoms with Gasteiger partial charge in [0.15, 0.2) is 5.17 Å². The molecule has 0 saturated carbocycles. The van der Waals surface area contributed by atoms with Gasteiger partial charge < -0.3 is 19.9 Å². The highest BCUT2D eigenvalue weighted by atomic mass is 32.2. The van der Waals surface area contributed by atoms with Gasteiger partial charge in [-0.2, -0.15) is 13.2 Å². The van der Waals surface area contributed by atoms with Gasteiger partial charge in [0.05, 0.1) is 48.2 Å². The number of aliphatic imine (C=N–C) groups is 1. The first-order valence-electron chi connectivity index (χ1n) is 9.97. The first-order valence-corrected chi connectivity index (χ1v) is 10.8. The SMILES string of the molecule is COc1cc(C(F)(F)F)ccc1NC1=NCC(C(C)NC(=O)c2cc3c(cn2)ncn3C)S1. The summed E-state index contributed by atoms with van der Waals surface area (Å²) in [5.74, 6) is -0.244. The van der Waals surface area contributed by atoms with Crippen LogP contribution in [0.5, 0.6) is 5.75 Å². The van der Waals surface area contributed by atoms with Gasteiger partial charge in [-0.3, -0.25) is 9.79 Å². The van der Waals surface area contributed by atoms with E-state index in [4.69, 9.17) is 4.74 Å². The Morgan fingerprint density at radius 2 is 2.09 bits per heavy atom. The molecule has 0 spiro atoms. The number of pyridine rings is 1. The first-order chi connectivity index (χ1) is 15.7. The number of hydrogen-bond acceptors (Lipinski definition) is 7. The molecule has 8 nitrogen and oxygen atoms in total. The second kappa shape index (κ2) is 8.93. The smallest absolute Gasteiger partial charge is 0.416 e. The minimum Gasteiger partial charge on any atom is -0.495 e. The zero-order chi connectivity index (χ0) is 23.8.